The van der Waals surface area contributed by atoms with Crippen LogP contribution in [0.15, 0.2) is 18.2 Å². The van der Waals surface area contributed by atoms with Crippen molar-refractivity contribution in [2.45, 2.75) is 12.5 Å². The molecule has 1 atom stereocenters. The number of benzene rings is 1. The Hall–Kier alpha value is -1.30. The van der Waals surface area contributed by atoms with E-state index in [1.54, 1.807) is 0 Å². The summed E-state index contributed by atoms with van der Waals surface area (Å²) < 4.78 is 4.95. The number of carbonyl (C=O) groups is 2. The van der Waals surface area contributed by atoms with Gasteiger partial charge in [-0.15, -0.1) is 0 Å². The Kier molecular flexibility index (Phi) is 6.08. The summed E-state index contributed by atoms with van der Waals surface area (Å²) in [4.78, 5) is 22.4. The predicted octanol–water partition coefficient (Wildman–Crippen LogP) is 2.21. The lowest BCUT2D eigenvalue weighted by Crippen LogP contribution is -2.34. The Morgan fingerprint density at radius 2 is 1.89 bits per heavy atom. The lowest BCUT2D eigenvalue weighted by molar-refractivity contribution is -0.139. The molecule has 5 nitrogen and oxygen atoms in total. The number of carboxylic acids is 1. The number of carbonyl (C=O) groups excluding carboxylic acids is 1. The third kappa shape index (κ3) is 5.46. The highest BCUT2D eigenvalue weighted by molar-refractivity contribution is 6.35. The Labute approximate surface area is 120 Å². The quantitative estimate of drug-likeness (QED) is 0.845. The van der Waals surface area contributed by atoms with Crippen LogP contribution in [0.25, 0.3) is 0 Å². The van der Waals surface area contributed by atoms with E-state index < -0.39 is 18.0 Å². The van der Waals surface area contributed by atoms with Gasteiger partial charge in [0.15, 0.2) is 0 Å². The standard InChI is InChI=1S/C12H13Cl2NO4/c1-19-10(5-11(16)17)6-15-12(18)7-2-8(13)4-9(14)3-7/h2-4,10H,5-6H2,1H3,(H,15,18)(H,16,17). The molecule has 0 aliphatic rings. The first-order valence-electron chi connectivity index (χ1n) is 5.41. The summed E-state index contributed by atoms with van der Waals surface area (Å²) in [6.45, 7) is 0.0891. The molecule has 0 radical (unpaired) electrons. The van der Waals surface area contributed by atoms with Gasteiger partial charge >= 0.3 is 5.97 Å². The van der Waals surface area contributed by atoms with Gasteiger partial charge in [-0.25, -0.2) is 0 Å². The number of methoxy groups -OCH3 is 1. The average molecular weight is 306 g/mol. The number of rotatable bonds is 6. The number of amides is 1. The zero-order chi connectivity index (χ0) is 14.4. The first-order chi connectivity index (χ1) is 8.92. The topological polar surface area (TPSA) is 75.6 Å². The van der Waals surface area contributed by atoms with Gasteiger partial charge in [-0.05, 0) is 18.2 Å². The van der Waals surface area contributed by atoms with Crippen LogP contribution in [0.3, 0.4) is 0 Å². The molecule has 0 fully saturated rings. The van der Waals surface area contributed by atoms with Crippen LogP contribution in [-0.4, -0.2) is 36.7 Å². The maximum atomic E-state index is 11.8. The molecule has 1 rings (SSSR count). The second-order valence-electron chi connectivity index (χ2n) is 3.82. The van der Waals surface area contributed by atoms with Crippen molar-refractivity contribution in [1.29, 1.82) is 0 Å². The minimum atomic E-state index is -0.994. The van der Waals surface area contributed by atoms with E-state index >= 15 is 0 Å². The van der Waals surface area contributed by atoms with Crippen molar-refractivity contribution in [3.63, 3.8) is 0 Å². The molecular formula is C12H13Cl2NO4. The molecule has 0 saturated carbocycles. The zero-order valence-electron chi connectivity index (χ0n) is 10.2. The molecule has 0 aromatic heterocycles. The van der Waals surface area contributed by atoms with Gasteiger partial charge in [0.05, 0.1) is 12.5 Å². The summed E-state index contributed by atoms with van der Waals surface area (Å²) in [5, 5.41) is 11.9. The molecule has 1 aromatic carbocycles. The van der Waals surface area contributed by atoms with E-state index in [9.17, 15) is 9.59 Å². The van der Waals surface area contributed by atoms with E-state index in [-0.39, 0.29) is 13.0 Å². The number of aliphatic carboxylic acids is 1. The number of hydrogen-bond acceptors (Lipinski definition) is 3. The molecule has 1 amide bonds. The van der Waals surface area contributed by atoms with E-state index in [1.165, 1.54) is 25.3 Å². The summed E-state index contributed by atoms with van der Waals surface area (Å²) in [5.41, 5.74) is 0.308. The molecule has 0 spiro atoms. The average Bonchev–Trinajstić information content (AvgIpc) is 2.32. The number of nitrogens with one attached hydrogen (secondary N) is 1. The van der Waals surface area contributed by atoms with Crippen molar-refractivity contribution in [3.8, 4) is 0 Å². The lowest BCUT2D eigenvalue weighted by Gasteiger charge is -2.14. The van der Waals surface area contributed by atoms with Crippen molar-refractivity contribution in [2.75, 3.05) is 13.7 Å². The third-order valence-corrected chi connectivity index (χ3v) is 2.79. The van der Waals surface area contributed by atoms with E-state index in [2.05, 4.69) is 5.32 Å². The van der Waals surface area contributed by atoms with Crippen molar-refractivity contribution in [2.24, 2.45) is 0 Å². The maximum absolute atomic E-state index is 11.8. The number of hydrogen-bond donors (Lipinski definition) is 2. The molecule has 0 saturated heterocycles. The predicted molar refractivity (Wildman–Crippen MR) is 71.8 cm³/mol. The highest BCUT2D eigenvalue weighted by Gasteiger charge is 2.14. The Morgan fingerprint density at radius 3 is 2.37 bits per heavy atom. The van der Waals surface area contributed by atoms with Crippen LogP contribution >= 0.6 is 23.2 Å². The molecule has 0 aliphatic carbocycles. The molecule has 7 heteroatoms. The van der Waals surface area contributed by atoms with Crippen molar-refractivity contribution >= 4 is 35.1 Å². The normalized spacial score (nSPS) is 11.9. The van der Waals surface area contributed by atoms with Gasteiger partial charge in [0.25, 0.3) is 5.91 Å². The van der Waals surface area contributed by atoms with Crippen molar-refractivity contribution in [3.05, 3.63) is 33.8 Å². The molecule has 2 N–H and O–H groups in total. The second kappa shape index (κ2) is 7.33. The van der Waals surface area contributed by atoms with Gasteiger partial charge in [-0.3, -0.25) is 9.59 Å². The van der Waals surface area contributed by atoms with Gasteiger partial charge < -0.3 is 15.2 Å². The van der Waals surface area contributed by atoms with E-state index in [1.807, 2.05) is 0 Å². The summed E-state index contributed by atoms with van der Waals surface area (Å²) in [6, 6.07) is 4.46. The zero-order valence-corrected chi connectivity index (χ0v) is 11.7. The highest BCUT2D eigenvalue weighted by atomic mass is 35.5. The molecular weight excluding hydrogens is 293 g/mol. The van der Waals surface area contributed by atoms with Gasteiger partial charge in [-0.1, -0.05) is 23.2 Å². The second-order valence-corrected chi connectivity index (χ2v) is 4.70. The molecule has 0 heterocycles. The van der Waals surface area contributed by atoms with E-state index in [0.717, 1.165) is 0 Å². The maximum Gasteiger partial charge on any atom is 0.306 e. The largest absolute Gasteiger partial charge is 0.481 e. The lowest BCUT2D eigenvalue weighted by atomic mass is 10.2. The summed E-state index contributed by atoms with van der Waals surface area (Å²) in [5.74, 6) is -1.39. The fourth-order valence-corrected chi connectivity index (χ4v) is 1.95. The number of carboxylic acid groups (broad SMARTS) is 1. The molecule has 1 aromatic rings. The summed E-state index contributed by atoms with van der Waals surface area (Å²) >= 11 is 11.6. The van der Waals surface area contributed by atoms with Crippen LogP contribution in [0.5, 0.6) is 0 Å². The van der Waals surface area contributed by atoms with Crippen LogP contribution in [0.1, 0.15) is 16.8 Å². The highest BCUT2D eigenvalue weighted by Crippen LogP contribution is 2.18. The van der Waals surface area contributed by atoms with Crippen LogP contribution in [0.2, 0.25) is 10.0 Å². The smallest absolute Gasteiger partial charge is 0.306 e. The number of halogens is 2. The first-order valence-corrected chi connectivity index (χ1v) is 6.17. The van der Waals surface area contributed by atoms with Gasteiger partial charge in [-0.2, -0.15) is 0 Å². The monoisotopic (exact) mass is 305 g/mol. The van der Waals surface area contributed by atoms with Crippen LogP contribution in [0.4, 0.5) is 0 Å². The SMILES string of the molecule is COC(CNC(=O)c1cc(Cl)cc(Cl)c1)CC(=O)O. The molecule has 19 heavy (non-hydrogen) atoms. The third-order valence-electron chi connectivity index (χ3n) is 2.35. The minimum absolute atomic E-state index is 0.0891. The van der Waals surface area contributed by atoms with Crippen LogP contribution in [0, 0.1) is 0 Å². The Bertz CT molecular complexity index is 459. The molecule has 0 aliphatic heterocycles. The molecule has 0 bridgehead atoms. The van der Waals surface area contributed by atoms with E-state index in [0.29, 0.717) is 15.6 Å². The first kappa shape index (κ1) is 15.8. The summed E-state index contributed by atoms with van der Waals surface area (Å²) in [6.07, 6.45) is -0.774. The molecule has 1 unspecified atom stereocenters. The Morgan fingerprint density at radius 1 is 1.32 bits per heavy atom. The van der Waals surface area contributed by atoms with Crippen molar-refractivity contribution in [1.82, 2.24) is 5.32 Å². The Balaban J connectivity index is 2.61. The van der Waals surface area contributed by atoms with Crippen LogP contribution < -0.4 is 5.32 Å². The van der Waals surface area contributed by atoms with Crippen LogP contribution in [-0.2, 0) is 9.53 Å². The van der Waals surface area contributed by atoms with Gasteiger partial charge in [0.2, 0.25) is 0 Å². The molecule has 104 valence electrons. The van der Waals surface area contributed by atoms with Gasteiger partial charge in [0.1, 0.15) is 0 Å². The minimum Gasteiger partial charge on any atom is -0.481 e. The fraction of sp³-hybridized carbons (Fsp3) is 0.333. The number of ether oxygens (including phenoxy) is 1. The fourth-order valence-electron chi connectivity index (χ4n) is 1.43. The van der Waals surface area contributed by atoms with Crippen molar-refractivity contribution < 1.29 is 19.4 Å². The summed E-state index contributed by atoms with van der Waals surface area (Å²) in [7, 11) is 1.38. The van der Waals surface area contributed by atoms with E-state index in [4.69, 9.17) is 33.0 Å². The van der Waals surface area contributed by atoms with Gasteiger partial charge in [0, 0.05) is 29.3 Å².